The molecule has 48 heavy (non-hydrogen) atoms. The molecule has 11 heteroatoms. The van der Waals surface area contributed by atoms with Crippen molar-refractivity contribution in [2.75, 3.05) is 19.5 Å². The number of carbonyl (C=O) groups excluding carboxylic acids is 1. The molecule has 0 aliphatic carbocycles. The predicted molar refractivity (Wildman–Crippen MR) is 185 cm³/mol. The summed E-state index contributed by atoms with van der Waals surface area (Å²) >= 11 is 7.89. The van der Waals surface area contributed by atoms with Crippen LogP contribution in [-0.2, 0) is 11.4 Å². The van der Waals surface area contributed by atoms with Crippen LogP contribution in [0, 0.1) is 11.3 Å². The van der Waals surface area contributed by atoms with Crippen LogP contribution in [0.25, 0.3) is 6.08 Å². The Morgan fingerprint density at radius 2 is 1.81 bits per heavy atom. The minimum atomic E-state index is -0.765. The largest absolute Gasteiger partial charge is 0.497 e. The average molecular weight is 677 g/mol. The van der Waals surface area contributed by atoms with Gasteiger partial charge in [0.2, 0.25) is 0 Å². The monoisotopic (exact) mass is 676 g/mol. The van der Waals surface area contributed by atoms with Crippen LogP contribution in [0.3, 0.4) is 0 Å². The fourth-order valence-electron chi connectivity index (χ4n) is 5.40. The van der Waals surface area contributed by atoms with E-state index in [1.54, 1.807) is 61.1 Å². The van der Waals surface area contributed by atoms with Crippen molar-refractivity contribution in [2.45, 2.75) is 19.6 Å². The average Bonchev–Trinajstić information content (AvgIpc) is 3.40. The number of para-hydroxylation sites is 1. The summed E-state index contributed by atoms with van der Waals surface area (Å²) in [7, 11) is 3.08. The summed E-state index contributed by atoms with van der Waals surface area (Å²) in [5.41, 5.74) is 3.87. The molecule has 0 saturated heterocycles. The second-order valence-corrected chi connectivity index (χ2v) is 12.2. The van der Waals surface area contributed by atoms with Crippen LogP contribution < -0.4 is 34.4 Å². The molecule has 1 atom stereocenters. The van der Waals surface area contributed by atoms with Crippen LogP contribution in [0.4, 0.5) is 5.69 Å². The molecule has 0 radical (unpaired) electrons. The summed E-state index contributed by atoms with van der Waals surface area (Å²) in [6.45, 7) is 1.98. The van der Waals surface area contributed by atoms with Gasteiger partial charge in [0.1, 0.15) is 12.4 Å². The maximum Gasteiger partial charge on any atom is 0.271 e. The first-order valence-electron chi connectivity index (χ1n) is 14.8. The predicted octanol–water partition coefficient (Wildman–Crippen LogP) is 6.00. The third-order valence-electron chi connectivity index (χ3n) is 7.72. The number of halogens is 1. The van der Waals surface area contributed by atoms with Gasteiger partial charge in [-0.05, 0) is 78.2 Å². The van der Waals surface area contributed by atoms with Gasteiger partial charge in [-0.2, -0.15) is 5.26 Å². The number of hydrogen-bond acceptors (Lipinski definition) is 8. The fraction of sp³-hybridized carbons (Fsp3) is 0.135. The number of rotatable bonds is 9. The highest BCUT2D eigenvalue weighted by Gasteiger charge is 2.33. The van der Waals surface area contributed by atoms with Gasteiger partial charge in [0.15, 0.2) is 16.3 Å². The fourth-order valence-corrected chi connectivity index (χ4v) is 6.72. The molecule has 1 aliphatic rings. The summed E-state index contributed by atoms with van der Waals surface area (Å²) in [6, 6.07) is 28.3. The van der Waals surface area contributed by atoms with Crippen molar-refractivity contribution in [1.29, 1.82) is 5.26 Å². The lowest BCUT2D eigenvalue weighted by Gasteiger charge is -2.25. The quantitative estimate of drug-likeness (QED) is 0.205. The Hall–Kier alpha value is -5.63. The third-order valence-corrected chi connectivity index (χ3v) is 8.99. The zero-order valence-corrected chi connectivity index (χ0v) is 27.8. The molecule has 9 nitrogen and oxygen atoms in total. The summed E-state index contributed by atoms with van der Waals surface area (Å²) in [5, 5.41) is 12.3. The molecule has 0 fully saturated rings. The molecule has 0 saturated carbocycles. The normalized spacial score (nSPS) is 14.1. The molecule has 0 spiro atoms. The summed E-state index contributed by atoms with van der Waals surface area (Å²) in [4.78, 5) is 33.2. The van der Waals surface area contributed by atoms with Crippen LogP contribution in [0.1, 0.15) is 35.2 Å². The highest BCUT2D eigenvalue weighted by atomic mass is 35.5. The first-order valence-corrected chi connectivity index (χ1v) is 16.0. The van der Waals surface area contributed by atoms with Gasteiger partial charge in [0, 0.05) is 5.69 Å². The Morgan fingerprint density at radius 1 is 1.04 bits per heavy atom. The van der Waals surface area contributed by atoms with Crippen molar-refractivity contribution >= 4 is 40.6 Å². The van der Waals surface area contributed by atoms with E-state index in [4.69, 9.17) is 36.1 Å². The van der Waals surface area contributed by atoms with E-state index in [9.17, 15) is 9.59 Å². The molecule has 0 unspecified atom stereocenters. The van der Waals surface area contributed by atoms with E-state index in [-0.39, 0.29) is 18.1 Å². The van der Waals surface area contributed by atoms with Crippen LogP contribution in [0.5, 0.6) is 17.2 Å². The molecule has 0 bridgehead atoms. The van der Waals surface area contributed by atoms with Crippen LogP contribution >= 0.6 is 22.9 Å². The number of aromatic nitrogens is 1. The molecule has 4 aromatic carbocycles. The number of anilines is 1. The lowest BCUT2D eigenvalue weighted by atomic mass is 9.95. The number of fused-ring (bicyclic) bond motifs is 1. The number of hydrogen-bond donors (Lipinski definition) is 1. The van der Waals surface area contributed by atoms with Gasteiger partial charge in [-0.25, -0.2) is 4.99 Å². The number of methoxy groups -OCH3 is 2. The standard InChI is InChI=1S/C37H29ClN4O5S/c1-22-32(35(43)41-27-9-5-4-6-10-27)33(26-8-7-11-28(19-26)45-2)42-36(44)31(48-37(42)40-22)18-25-16-29(38)34(30(17-25)46-3)47-21-24-14-12-23(20-39)13-15-24/h4-19,33H,21H2,1-3H3,(H,41,43)/b31-18-/t33-/m1/s1. The second-order valence-electron chi connectivity index (χ2n) is 10.8. The number of allylic oxidation sites excluding steroid dienone is 1. The van der Waals surface area contributed by atoms with Gasteiger partial charge < -0.3 is 19.5 Å². The number of carbonyl (C=O) groups is 1. The summed E-state index contributed by atoms with van der Waals surface area (Å²) in [6.07, 6.45) is 1.72. The Bertz CT molecular complexity index is 2270. The molecule has 6 rings (SSSR count). The van der Waals surface area contributed by atoms with Gasteiger partial charge in [-0.3, -0.25) is 14.2 Å². The van der Waals surface area contributed by atoms with Crippen LogP contribution in [-0.4, -0.2) is 24.7 Å². The first kappa shape index (κ1) is 32.3. The molecule has 1 amide bonds. The molecular formula is C37H29ClN4O5S. The SMILES string of the molecule is COc1cccc([C@@H]2C(C(=O)Nc3ccccc3)=C(C)N=c3s/c(=C\c4cc(Cl)c(OCc5ccc(C#N)cc5)c(OC)c4)c(=O)n32)c1. The molecule has 1 aromatic heterocycles. The van der Waals surface area contributed by atoms with Gasteiger partial charge in [0.25, 0.3) is 11.5 Å². The van der Waals surface area contributed by atoms with E-state index < -0.39 is 6.04 Å². The first-order chi connectivity index (χ1) is 23.3. The van der Waals surface area contributed by atoms with Gasteiger partial charge >= 0.3 is 0 Å². The van der Waals surface area contributed by atoms with E-state index >= 15 is 0 Å². The number of nitrogens with zero attached hydrogens (tertiary/aromatic N) is 3. The highest BCUT2D eigenvalue weighted by Crippen LogP contribution is 2.37. The summed E-state index contributed by atoms with van der Waals surface area (Å²) in [5.74, 6) is 0.970. The maximum atomic E-state index is 14.2. The Morgan fingerprint density at radius 3 is 2.52 bits per heavy atom. The lowest BCUT2D eigenvalue weighted by molar-refractivity contribution is -0.113. The second kappa shape index (κ2) is 14.0. The lowest BCUT2D eigenvalue weighted by Crippen LogP contribution is -2.40. The van der Waals surface area contributed by atoms with E-state index in [0.29, 0.717) is 65.3 Å². The number of amides is 1. The summed E-state index contributed by atoms with van der Waals surface area (Å²) < 4.78 is 19.0. The molecule has 1 N–H and O–H groups in total. The molecule has 1 aliphatic heterocycles. The molecular weight excluding hydrogens is 648 g/mol. The molecule has 2 heterocycles. The van der Waals surface area contributed by atoms with Crippen molar-refractivity contribution in [3.63, 3.8) is 0 Å². The van der Waals surface area contributed by atoms with Crippen LogP contribution in [0.2, 0.25) is 5.02 Å². The van der Waals surface area contributed by atoms with Crippen molar-refractivity contribution in [2.24, 2.45) is 4.99 Å². The smallest absolute Gasteiger partial charge is 0.271 e. The van der Waals surface area contributed by atoms with Crippen molar-refractivity contribution in [1.82, 2.24) is 4.57 Å². The molecule has 240 valence electrons. The number of nitriles is 1. The van der Waals surface area contributed by atoms with Crippen molar-refractivity contribution in [3.8, 4) is 23.3 Å². The number of thiazole rings is 1. The highest BCUT2D eigenvalue weighted by molar-refractivity contribution is 7.07. The van der Waals surface area contributed by atoms with E-state index in [2.05, 4.69) is 11.4 Å². The number of nitrogens with one attached hydrogen (secondary N) is 1. The zero-order chi connectivity index (χ0) is 33.8. The van der Waals surface area contributed by atoms with Crippen LogP contribution in [0.15, 0.2) is 112 Å². The Labute approximate surface area is 285 Å². The number of ether oxygens (including phenoxy) is 3. The van der Waals surface area contributed by atoms with E-state index in [0.717, 1.165) is 5.56 Å². The number of benzene rings is 4. The van der Waals surface area contributed by atoms with Crippen molar-refractivity contribution in [3.05, 3.63) is 149 Å². The minimum absolute atomic E-state index is 0.212. The maximum absolute atomic E-state index is 14.2. The zero-order valence-electron chi connectivity index (χ0n) is 26.2. The van der Waals surface area contributed by atoms with E-state index in [1.807, 2.05) is 54.6 Å². The van der Waals surface area contributed by atoms with Crippen molar-refractivity contribution < 1.29 is 19.0 Å². The molecule has 5 aromatic rings. The Kier molecular flexibility index (Phi) is 9.43. The minimum Gasteiger partial charge on any atom is -0.497 e. The van der Waals surface area contributed by atoms with Gasteiger partial charge in [0.05, 0.1) is 52.7 Å². The third kappa shape index (κ3) is 6.60. The van der Waals surface area contributed by atoms with E-state index in [1.165, 1.54) is 18.4 Å². The Balaban J connectivity index is 1.40. The van der Waals surface area contributed by atoms with Gasteiger partial charge in [-0.15, -0.1) is 0 Å². The van der Waals surface area contributed by atoms with Gasteiger partial charge in [-0.1, -0.05) is 65.4 Å². The topological polar surface area (TPSA) is 115 Å².